The molecule has 2 saturated heterocycles. The summed E-state index contributed by atoms with van der Waals surface area (Å²) in [5.41, 5.74) is 0.937. The van der Waals surface area contributed by atoms with Crippen molar-refractivity contribution in [3.8, 4) is 5.75 Å². The highest BCUT2D eigenvalue weighted by molar-refractivity contribution is 6.00. The summed E-state index contributed by atoms with van der Waals surface area (Å²) in [5, 5.41) is 0. The van der Waals surface area contributed by atoms with Gasteiger partial charge in [0.1, 0.15) is 11.4 Å². The van der Waals surface area contributed by atoms with Gasteiger partial charge in [-0.25, -0.2) is 0 Å². The van der Waals surface area contributed by atoms with Crippen LogP contribution in [0.15, 0.2) is 18.2 Å². The van der Waals surface area contributed by atoms with Crippen LogP contribution in [-0.2, 0) is 9.59 Å². The number of benzene rings is 1. The number of aryl methyl sites for hydroxylation is 1. The van der Waals surface area contributed by atoms with E-state index in [0.29, 0.717) is 56.6 Å². The normalized spacial score (nSPS) is 23.9. The van der Waals surface area contributed by atoms with E-state index < -0.39 is 5.60 Å². The minimum absolute atomic E-state index is 0.0532. The average Bonchev–Trinajstić information content (AvgIpc) is 3.05. The van der Waals surface area contributed by atoms with Gasteiger partial charge in [0.15, 0.2) is 5.78 Å². The third kappa shape index (κ3) is 3.65. The second-order valence-electron chi connectivity index (χ2n) is 9.79. The van der Waals surface area contributed by atoms with Crippen LogP contribution in [0, 0.1) is 12.8 Å². The third-order valence-corrected chi connectivity index (χ3v) is 6.52. The number of amides is 2. The number of hydrogen-bond acceptors (Lipinski definition) is 4. The van der Waals surface area contributed by atoms with Crippen LogP contribution in [0.1, 0.15) is 62.4 Å². The maximum Gasteiger partial charge on any atom is 0.227 e. The van der Waals surface area contributed by atoms with E-state index >= 15 is 0 Å². The molecule has 6 heteroatoms. The van der Waals surface area contributed by atoms with E-state index in [0.717, 1.165) is 5.56 Å². The van der Waals surface area contributed by atoms with Gasteiger partial charge < -0.3 is 14.5 Å². The molecular formula is C23H30N2O4. The van der Waals surface area contributed by atoms with Gasteiger partial charge in [0, 0.05) is 44.4 Å². The Labute approximate surface area is 172 Å². The molecule has 1 unspecified atom stereocenters. The van der Waals surface area contributed by atoms with Gasteiger partial charge in [-0.1, -0.05) is 11.6 Å². The van der Waals surface area contributed by atoms with Gasteiger partial charge in [0.2, 0.25) is 11.8 Å². The fourth-order valence-electron chi connectivity index (χ4n) is 4.80. The van der Waals surface area contributed by atoms with Crippen molar-refractivity contribution in [3.05, 3.63) is 29.3 Å². The lowest BCUT2D eigenvalue weighted by Gasteiger charge is -2.44. The van der Waals surface area contributed by atoms with Crippen LogP contribution in [0.2, 0.25) is 0 Å². The highest BCUT2D eigenvalue weighted by Crippen LogP contribution is 2.40. The van der Waals surface area contributed by atoms with Gasteiger partial charge in [0.25, 0.3) is 0 Å². The Morgan fingerprint density at radius 2 is 1.86 bits per heavy atom. The number of fused-ring (bicyclic) bond motifs is 1. The lowest BCUT2D eigenvalue weighted by atomic mass is 9.82. The number of rotatable bonds is 1. The molecule has 0 bridgehead atoms. The Bertz CT molecular complexity index is 862. The first-order valence-electron chi connectivity index (χ1n) is 10.5. The fourth-order valence-corrected chi connectivity index (χ4v) is 4.80. The van der Waals surface area contributed by atoms with E-state index in [1.54, 1.807) is 0 Å². The van der Waals surface area contributed by atoms with Crippen LogP contribution in [0.3, 0.4) is 0 Å². The minimum Gasteiger partial charge on any atom is -0.486 e. The number of Topliss-reactive ketones (excluding diaryl/α,β-unsaturated/α-hetero) is 1. The molecule has 0 radical (unpaired) electrons. The molecule has 3 heterocycles. The van der Waals surface area contributed by atoms with E-state index in [1.165, 1.54) is 0 Å². The minimum atomic E-state index is -0.515. The monoisotopic (exact) mass is 398 g/mol. The van der Waals surface area contributed by atoms with Crippen LogP contribution >= 0.6 is 0 Å². The first-order chi connectivity index (χ1) is 13.6. The van der Waals surface area contributed by atoms with Crippen LogP contribution in [0.5, 0.6) is 5.75 Å². The molecule has 6 nitrogen and oxygen atoms in total. The van der Waals surface area contributed by atoms with E-state index in [4.69, 9.17) is 4.74 Å². The van der Waals surface area contributed by atoms with Crippen molar-refractivity contribution in [1.82, 2.24) is 9.80 Å². The molecule has 1 spiro atoms. The molecule has 2 amide bonds. The zero-order valence-corrected chi connectivity index (χ0v) is 17.8. The zero-order valence-electron chi connectivity index (χ0n) is 17.8. The number of nitrogens with zero attached hydrogens (tertiary/aromatic N) is 2. The summed E-state index contributed by atoms with van der Waals surface area (Å²) >= 11 is 0. The molecule has 2 fully saturated rings. The molecule has 0 saturated carbocycles. The average molecular weight is 399 g/mol. The van der Waals surface area contributed by atoms with E-state index in [2.05, 4.69) is 0 Å². The maximum atomic E-state index is 13.0. The summed E-state index contributed by atoms with van der Waals surface area (Å²) in [5.74, 6) is 0.620. The molecule has 4 rings (SSSR count). The highest BCUT2D eigenvalue weighted by atomic mass is 16.5. The second-order valence-corrected chi connectivity index (χ2v) is 9.79. The van der Waals surface area contributed by atoms with Gasteiger partial charge in [0.05, 0.1) is 17.9 Å². The number of likely N-dealkylation sites (tertiary alicyclic amines) is 2. The number of carbonyl (C=O) groups is 3. The molecule has 3 aliphatic heterocycles. The van der Waals surface area contributed by atoms with E-state index in [1.807, 2.05) is 55.7 Å². The number of carbonyl (C=O) groups excluding carboxylic acids is 3. The van der Waals surface area contributed by atoms with Crippen molar-refractivity contribution in [2.24, 2.45) is 5.92 Å². The summed E-state index contributed by atoms with van der Waals surface area (Å²) in [6.45, 7) is 9.58. The molecule has 0 aliphatic carbocycles. The number of ether oxygens (including phenoxy) is 1. The SMILES string of the molecule is Cc1ccc2c(c1)C(=O)CC1(CCN(C(=O)C3CC(=O)N(C(C)(C)C)C3)CC1)O2. The van der Waals surface area contributed by atoms with Crippen LogP contribution < -0.4 is 4.74 Å². The van der Waals surface area contributed by atoms with Gasteiger partial charge in [-0.15, -0.1) is 0 Å². The third-order valence-electron chi connectivity index (χ3n) is 6.52. The predicted molar refractivity (Wildman–Crippen MR) is 109 cm³/mol. The number of hydrogen-bond donors (Lipinski definition) is 0. The Balaban J connectivity index is 1.41. The van der Waals surface area contributed by atoms with E-state index in [9.17, 15) is 14.4 Å². The molecular weight excluding hydrogens is 368 g/mol. The Hall–Kier alpha value is -2.37. The quantitative estimate of drug-likeness (QED) is 0.729. The summed E-state index contributed by atoms with van der Waals surface area (Å²) in [4.78, 5) is 41.7. The van der Waals surface area contributed by atoms with Gasteiger partial charge in [-0.2, -0.15) is 0 Å². The van der Waals surface area contributed by atoms with Gasteiger partial charge in [-0.05, 0) is 39.8 Å². The van der Waals surface area contributed by atoms with Crippen molar-refractivity contribution in [2.75, 3.05) is 19.6 Å². The lowest BCUT2D eigenvalue weighted by Crippen LogP contribution is -2.53. The molecule has 0 N–H and O–H groups in total. The molecule has 1 atom stereocenters. The summed E-state index contributed by atoms with van der Waals surface area (Å²) < 4.78 is 6.30. The molecule has 1 aromatic carbocycles. The topological polar surface area (TPSA) is 66.9 Å². The second kappa shape index (κ2) is 6.85. The van der Waals surface area contributed by atoms with Crippen molar-refractivity contribution in [2.45, 2.75) is 64.5 Å². The fraction of sp³-hybridized carbons (Fsp3) is 0.609. The molecule has 29 heavy (non-hydrogen) atoms. The van der Waals surface area contributed by atoms with Gasteiger partial charge in [-0.3, -0.25) is 14.4 Å². The summed E-state index contributed by atoms with van der Waals surface area (Å²) in [6.07, 6.45) is 1.94. The summed E-state index contributed by atoms with van der Waals surface area (Å²) in [7, 11) is 0. The van der Waals surface area contributed by atoms with Crippen molar-refractivity contribution in [3.63, 3.8) is 0 Å². The Morgan fingerprint density at radius 3 is 2.48 bits per heavy atom. The van der Waals surface area contributed by atoms with Crippen molar-refractivity contribution >= 4 is 17.6 Å². The van der Waals surface area contributed by atoms with Crippen molar-refractivity contribution < 1.29 is 19.1 Å². The molecule has 1 aromatic rings. The highest BCUT2D eigenvalue weighted by Gasteiger charge is 2.46. The van der Waals surface area contributed by atoms with E-state index in [-0.39, 0.29) is 29.1 Å². The van der Waals surface area contributed by atoms with Crippen LogP contribution in [0.25, 0.3) is 0 Å². The lowest BCUT2D eigenvalue weighted by molar-refractivity contribution is -0.139. The first kappa shape index (κ1) is 19.9. The Morgan fingerprint density at radius 1 is 1.17 bits per heavy atom. The smallest absolute Gasteiger partial charge is 0.227 e. The molecule has 156 valence electrons. The number of piperidine rings is 1. The van der Waals surface area contributed by atoms with Crippen molar-refractivity contribution in [1.29, 1.82) is 0 Å². The van der Waals surface area contributed by atoms with Crippen LogP contribution in [0.4, 0.5) is 0 Å². The summed E-state index contributed by atoms with van der Waals surface area (Å²) in [6, 6.07) is 5.73. The predicted octanol–water partition coefficient (Wildman–Crippen LogP) is 2.97. The molecule has 0 aromatic heterocycles. The largest absolute Gasteiger partial charge is 0.486 e. The number of ketones is 1. The van der Waals surface area contributed by atoms with Gasteiger partial charge >= 0.3 is 0 Å². The first-order valence-corrected chi connectivity index (χ1v) is 10.5. The molecule has 3 aliphatic rings. The van der Waals surface area contributed by atoms with Crippen LogP contribution in [-0.4, -0.2) is 58.2 Å². The standard InChI is InChI=1S/C23H30N2O4/c1-15-5-6-19-17(11-15)18(26)13-23(29-19)7-9-24(10-8-23)21(28)16-12-20(27)25(14-16)22(2,3)4/h5-6,11,16H,7-10,12-14H2,1-4H3. The zero-order chi connectivity index (χ0) is 21.0. The Kier molecular flexibility index (Phi) is 4.71. The maximum absolute atomic E-state index is 13.0.